The Labute approximate surface area is 98.1 Å². The number of halogens is 1. The maximum Gasteiger partial charge on any atom is 0.293 e. The highest BCUT2D eigenvalue weighted by atomic mass is 79.9. The predicted molar refractivity (Wildman–Crippen MR) is 65.9 cm³/mol. The SMILES string of the molecule is CCN(CCBr)c1nccn(CC)c1=O. The number of nitrogens with zero attached hydrogens (tertiary/aromatic N) is 3. The third kappa shape index (κ3) is 2.81. The van der Waals surface area contributed by atoms with Crippen LogP contribution < -0.4 is 10.5 Å². The van der Waals surface area contributed by atoms with E-state index in [2.05, 4.69) is 20.9 Å². The van der Waals surface area contributed by atoms with Gasteiger partial charge in [0.25, 0.3) is 5.56 Å². The number of aromatic nitrogens is 2. The van der Waals surface area contributed by atoms with E-state index in [0.29, 0.717) is 12.4 Å². The Bertz CT molecular complexity index is 364. The van der Waals surface area contributed by atoms with Crippen molar-refractivity contribution >= 4 is 21.7 Å². The molecule has 0 aliphatic heterocycles. The van der Waals surface area contributed by atoms with Crippen molar-refractivity contribution < 1.29 is 0 Å². The minimum absolute atomic E-state index is 0.0113. The summed E-state index contributed by atoms with van der Waals surface area (Å²) in [5.41, 5.74) is -0.0113. The third-order valence-electron chi connectivity index (χ3n) is 2.27. The van der Waals surface area contributed by atoms with Gasteiger partial charge >= 0.3 is 0 Å². The monoisotopic (exact) mass is 273 g/mol. The first-order valence-corrected chi connectivity index (χ1v) is 6.23. The number of aryl methyl sites for hydroxylation is 1. The Kier molecular flexibility index (Phi) is 4.81. The van der Waals surface area contributed by atoms with Crippen molar-refractivity contribution in [3.8, 4) is 0 Å². The molecule has 1 rings (SSSR count). The first kappa shape index (κ1) is 12.2. The quantitative estimate of drug-likeness (QED) is 0.763. The summed E-state index contributed by atoms with van der Waals surface area (Å²) < 4.78 is 1.67. The van der Waals surface area contributed by atoms with Crippen LogP contribution in [0.1, 0.15) is 13.8 Å². The molecule has 0 radical (unpaired) electrons. The lowest BCUT2D eigenvalue weighted by Crippen LogP contribution is -2.34. The first-order chi connectivity index (χ1) is 7.24. The summed E-state index contributed by atoms with van der Waals surface area (Å²) in [6.45, 7) is 6.24. The predicted octanol–water partition coefficient (Wildman–Crippen LogP) is 1.48. The van der Waals surface area contributed by atoms with Crippen LogP contribution in [0, 0.1) is 0 Å². The number of hydrogen-bond donors (Lipinski definition) is 0. The molecule has 0 saturated heterocycles. The van der Waals surface area contributed by atoms with Crippen LogP contribution in [0.2, 0.25) is 0 Å². The molecule has 1 aromatic heterocycles. The third-order valence-corrected chi connectivity index (χ3v) is 2.63. The largest absolute Gasteiger partial charge is 0.351 e. The van der Waals surface area contributed by atoms with Crippen molar-refractivity contribution in [3.63, 3.8) is 0 Å². The summed E-state index contributed by atoms with van der Waals surface area (Å²) in [5.74, 6) is 0.543. The van der Waals surface area contributed by atoms with Crippen molar-refractivity contribution in [2.75, 3.05) is 23.3 Å². The minimum Gasteiger partial charge on any atom is -0.351 e. The van der Waals surface area contributed by atoms with E-state index in [1.807, 2.05) is 18.7 Å². The van der Waals surface area contributed by atoms with Gasteiger partial charge in [0.05, 0.1) is 0 Å². The Balaban J connectivity index is 3.07. The van der Waals surface area contributed by atoms with Crippen molar-refractivity contribution in [3.05, 3.63) is 22.7 Å². The van der Waals surface area contributed by atoms with E-state index < -0.39 is 0 Å². The molecule has 0 aliphatic rings. The van der Waals surface area contributed by atoms with Crippen LogP contribution in [0.3, 0.4) is 0 Å². The maximum atomic E-state index is 11.9. The Morgan fingerprint density at radius 1 is 1.53 bits per heavy atom. The summed E-state index contributed by atoms with van der Waals surface area (Å²) in [4.78, 5) is 18.0. The Morgan fingerprint density at radius 3 is 2.80 bits per heavy atom. The van der Waals surface area contributed by atoms with Gasteiger partial charge in [0.2, 0.25) is 0 Å². The van der Waals surface area contributed by atoms with Crippen LogP contribution in [-0.2, 0) is 6.54 Å². The highest BCUT2D eigenvalue weighted by molar-refractivity contribution is 9.09. The average molecular weight is 274 g/mol. The Morgan fingerprint density at radius 2 is 2.27 bits per heavy atom. The van der Waals surface area contributed by atoms with Crippen molar-refractivity contribution in [2.24, 2.45) is 0 Å². The van der Waals surface area contributed by atoms with E-state index in [9.17, 15) is 4.79 Å². The second-order valence-corrected chi connectivity index (χ2v) is 3.90. The lowest BCUT2D eigenvalue weighted by molar-refractivity contribution is 0.704. The number of alkyl halides is 1. The molecule has 1 aromatic rings. The fraction of sp³-hybridized carbons (Fsp3) is 0.600. The highest BCUT2D eigenvalue weighted by Gasteiger charge is 2.10. The number of hydrogen-bond acceptors (Lipinski definition) is 3. The highest BCUT2D eigenvalue weighted by Crippen LogP contribution is 2.03. The molecular formula is C10H16BrN3O. The molecule has 84 valence electrons. The number of rotatable bonds is 5. The summed E-state index contributed by atoms with van der Waals surface area (Å²) in [7, 11) is 0. The molecule has 0 saturated carbocycles. The molecule has 1 heterocycles. The summed E-state index contributed by atoms with van der Waals surface area (Å²) in [6.07, 6.45) is 3.39. The van der Waals surface area contributed by atoms with Gasteiger partial charge in [0.1, 0.15) is 0 Å². The smallest absolute Gasteiger partial charge is 0.293 e. The van der Waals surface area contributed by atoms with E-state index >= 15 is 0 Å². The maximum absolute atomic E-state index is 11.9. The minimum atomic E-state index is -0.0113. The van der Waals surface area contributed by atoms with Crippen LogP contribution in [-0.4, -0.2) is 28.0 Å². The molecule has 0 unspecified atom stereocenters. The van der Waals surface area contributed by atoms with Crippen LogP contribution in [0.15, 0.2) is 17.2 Å². The van der Waals surface area contributed by atoms with Gasteiger partial charge in [0.15, 0.2) is 5.82 Å². The van der Waals surface area contributed by atoms with E-state index in [4.69, 9.17) is 0 Å². The van der Waals surface area contributed by atoms with Crippen molar-refractivity contribution in [2.45, 2.75) is 20.4 Å². The van der Waals surface area contributed by atoms with Gasteiger partial charge in [0, 0.05) is 37.4 Å². The fourth-order valence-electron chi connectivity index (χ4n) is 1.42. The molecule has 0 bridgehead atoms. The first-order valence-electron chi connectivity index (χ1n) is 5.10. The molecule has 0 aliphatic carbocycles. The lowest BCUT2D eigenvalue weighted by atomic mass is 10.4. The topological polar surface area (TPSA) is 38.1 Å². The molecule has 15 heavy (non-hydrogen) atoms. The van der Waals surface area contributed by atoms with Crippen LogP contribution in [0.25, 0.3) is 0 Å². The zero-order valence-electron chi connectivity index (χ0n) is 9.11. The zero-order chi connectivity index (χ0) is 11.3. The molecule has 0 amide bonds. The molecule has 0 fully saturated rings. The van der Waals surface area contributed by atoms with E-state index in [-0.39, 0.29) is 5.56 Å². The fourth-order valence-corrected chi connectivity index (χ4v) is 1.85. The molecule has 0 aromatic carbocycles. The summed E-state index contributed by atoms with van der Waals surface area (Å²) in [6, 6.07) is 0. The molecule has 4 nitrogen and oxygen atoms in total. The average Bonchev–Trinajstić information content (AvgIpc) is 2.27. The van der Waals surface area contributed by atoms with Gasteiger partial charge in [-0.3, -0.25) is 4.79 Å². The molecule has 0 N–H and O–H groups in total. The second-order valence-electron chi connectivity index (χ2n) is 3.11. The normalized spacial score (nSPS) is 10.3. The van der Waals surface area contributed by atoms with Gasteiger partial charge in [-0.2, -0.15) is 0 Å². The molecular weight excluding hydrogens is 258 g/mol. The lowest BCUT2D eigenvalue weighted by Gasteiger charge is -2.20. The summed E-state index contributed by atoms with van der Waals surface area (Å²) >= 11 is 3.37. The van der Waals surface area contributed by atoms with Gasteiger partial charge in [-0.15, -0.1) is 0 Å². The standard InChI is InChI=1S/C10H16BrN3O/c1-3-13(7-5-11)9-10(15)14(4-2)8-6-12-9/h6,8H,3-5,7H2,1-2H3. The van der Waals surface area contributed by atoms with Crippen LogP contribution >= 0.6 is 15.9 Å². The van der Waals surface area contributed by atoms with Gasteiger partial charge in [-0.1, -0.05) is 15.9 Å². The Hall–Kier alpha value is -0.840. The van der Waals surface area contributed by atoms with Crippen molar-refractivity contribution in [1.82, 2.24) is 9.55 Å². The summed E-state index contributed by atoms with van der Waals surface area (Å²) in [5, 5.41) is 0.836. The van der Waals surface area contributed by atoms with Crippen molar-refractivity contribution in [1.29, 1.82) is 0 Å². The van der Waals surface area contributed by atoms with E-state index in [0.717, 1.165) is 18.4 Å². The van der Waals surface area contributed by atoms with Crippen LogP contribution in [0.5, 0.6) is 0 Å². The van der Waals surface area contributed by atoms with E-state index in [1.165, 1.54) is 0 Å². The van der Waals surface area contributed by atoms with Gasteiger partial charge in [-0.25, -0.2) is 4.98 Å². The molecule has 0 atom stereocenters. The van der Waals surface area contributed by atoms with Gasteiger partial charge < -0.3 is 9.47 Å². The van der Waals surface area contributed by atoms with Gasteiger partial charge in [-0.05, 0) is 13.8 Å². The zero-order valence-corrected chi connectivity index (χ0v) is 10.7. The van der Waals surface area contributed by atoms with E-state index in [1.54, 1.807) is 17.0 Å². The van der Waals surface area contributed by atoms with Crippen LogP contribution in [0.4, 0.5) is 5.82 Å². The number of anilines is 1. The molecule has 0 spiro atoms. The second kappa shape index (κ2) is 5.90. The molecule has 5 heteroatoms.